The van der Waals surface area contributed by atoms with E-state index in [1.54, 1.807) is 0 Å². The lowest BCUT2D eigenvalue weighted by Crippen LogP contribution is -2.74. The smallest absolute Gasteiger partial charge is 0.179 e. The zero-order valence-electron chi connectivity index (χ0n) is 17.9. The first kappa shape index (κ1) is 20.2. The SMILES string of the molecule is Brc1ccc([Si](c2ccccc2)(c2ccccc2)c2ccc3oc4ccccc4c3c2)cc1. The van der Waals surface area contributed by atoms with E-state index in [0.717, 1.165) is 21.0 Å². The van der Waals surface area contributed by atoms with Gasteiger partial charge in [0.05, 0.1) is 0 Å². The zero-order chi connectivity index (χ0) is 22.3. The lowest BCUT2D eigenvalue weighted by Gasteiger charge is -2.34. The molecule has 33 heavy (non-hydrogen) atoms. The van der Waals surface area contributed by atoms with Crippen molar-refractivity contribution in [2.45, 2.75) is 0 Å². The lowest BCUT2D eigenvalue weighted by molar-refractivity contribution is 0.669. The zero-order valence-corrected chi connectivity index (χ0v) is 20.5. The number of fused-ring (bicyclic) bond motifs is 3. The van der Waals surface area contributed by atoms with Crippen molar-refractivity contribution in [3.8, 4) is 0 Å². The number of para-hydroxylation sites is 1. The Morgan fingerprint density at radius 3 is 1.64 bits per heavy atom. The molecule has 5 aromatic carbocycles. The van der Waals surface area contributed by atoms with Gasteiger partial charge in [0.2, 0.25) is 0 Å². The summed E-state index contributed by atoms with van der Waals surface area (Å²) in [4.78, 5) is 0. The van der Waals surface area contributed by atoms with Crippen LogP contribution < -0.4 is 20.7 Å². The van der Waals surface area contributed by atoms with E-state index in [4.69, 9.17) is 4.42 Å². The summed E-state index contributed by atoms with van der Waals surface area (Å²) in [5.74, 6) is 0. The van der Waals surface area contributed by atoms with Crippen LogP contribution in [0, 0.1) is 0 Å². The topological polar surface area (TPSA) is 13.1 Å². The van der Waals surface area contributed by atoms with Gasteiger partial charge in [-0.05, 0) is 45.0 Å². The molecule has 6 aromatic rings. The molecule has 0 radical (unpaired) electrons. The highest BCUT2D eigenvalue weighted by atomic mass is 79.9. The number of furan rings is 1. The Morgan fingerprint density at radius 2 is 0.970 bits per heavy atom. The van der Waals surface area contributed by atoms with Crippen molar-refractivity contribution in [3.63, 3.8) is 0 Å². The van der Waals surface area contributed by atoms with Gasteiger partial charge in [-0.25, -0.2) is 0 Å². The van der Waals surface area contributed by atoms with Crippen LogP contribution >= 0.6 is 15.9 Å². The van der Waals surface area contributed by atoms with Crippen molar-refractivity contribution >= 4 is 66.7 Å². The molecule has 0 N–H and O–H groups in total. The molecule has 6 rings (SSSR count). The normalized spacial score (nSPS) is 11.8. The van der Waals surface area contributed by atoms with Gasteiger partial charge in [-0.1, -0.05) is 119 Å². The number of benzene rings is 5. The van der Waals surface area contributed by atoms with Gasteiger partial charge < -0.3 is 4.42 Å². The second kappa shape index (κ2) is 8.18. The van der Waals surface area contributed by atoms with Crippen molar-refractivity contribution < 1.29 is 4.42 Å². The first-order valence-electron chi connectivity index (χ1n) is 11.1. The molecule has 0 saturated heterocycles. The Balaban J connectivity index is 1.75. The molecule has 0 unspecified atom stereocenters. The summed E-state index contributed by atoms with van der Waals surface area (Å²) in [7, 11) is -2.56. The van der Waals surface area contributed by atoms with Gasteiger partial charge in [-0.2, -0.15) is 0 Å². The molecular formula is C30H21BrOSi. The number of rotatable bonds is 4. The van der Waals surface area contributed by atoms with Gasteiger partial charge in [0, 0.05) is 15.2 Å². The van der Waals surface area contributed by atoms with E-state index in [2.05, 4.69) is 131 Å². The van der Waals surface area contributed by atoms with Crippen LogP contribution in [0.2, 0.25) is 0 Å². The minimum atomic E-state index is -2.56. The molecule has 1 heterocycles. The predicted molar refractivity (Wildman–Crippen MR) is 145 cm³/mol. The molecule has 0 aliphatic rings. The lowest BCUT2D eigenvalue weighted by atomic mass is 10.1. The molecule has 0 amide bonds. The first-order valence-corrected chi connectivity index (χ1v) is 13.8. The van der Waals surface area contributed by atoms with E-state index in [9.17, 15) is 0 Å². The van der Waals surface area contributed by atoms with E-state index in [1.807, 2.05) is 12.1 Å². The highest BCUT2D eigenvalue weighted by Gasteiger charge is 2.41. The summed E-state index contributed by atoms with van der Waals surface area (Å²) in [5, 5.41) is 7.77. The summed E-state index contributed by atoms with van der Waals surface area (Å²) >= 11 is 3.64. The molecule has 158 valence electrons. The molecule has 1 nitrogen and oxygen atoms in total. The van der Waals surface area contributed by atoms with Gasteiger partial charge in [0.25, 0.3) is 0 Å². The second-order valence-electron chi connectivity index (χ2n) is 8.30. The summed E-state index contributed by atoms with van der Waals surface area (Å²) in [5.41, 5.74) is 1.86. The molecule has 0 atom stereocenters. The number of halogens is 1. The highest BCUT2D eigenvalue weighted by molar-refractivity contribution is 9.10. The Hall–Kier alpha value is -3.40. The van der Waals surface area contributed by atoms with Crippen molar-refractivity contribution in [2.24, 2.45) is 0 Å². The van der Waals surface area contributed by atoms with Gasteiger partial charge in [-0.15, -0.1) is 0 Å². The number of hydrogen-bond donors (Lipinski definition) is 0. The van der Waals surface area contributed by atoms with Crippen LogP contribution in [0.1, 0.15) is 0 Å². The summed E-state index contributed by atoms with van der Waals surface area (Å²) in [6, 6.07) is 46.0. The van der Waals surface area contributed by atoms with E-state index in [1.165, 1.54) is 26.1 Å². The van der Waals surface area contributed by atoms with E-state index in [0.29, 0.717) is 0 Å². The third kappa shape index (κ3) is 3.27. The van der Waals surface area contributed by atoms with Gasteiger partial charge >= 0.3 is 0 Å². The third-order valence-corrected chi connectivity index (χ3v) is 11.8. The monoisotopic (exact) mass is 504 g/mol. The maximum absolute atomic E-state index is 6.16. The van der Waals surface area contributed by atoms with Crippen LogP contribution in [-0.4, -0.2) is 8.07 Å². The minimum absolute atomic E-state index is 0.930. The number of hydrogen-bond acceptors (Lipinski definition) is 1. The summed E-state index contributed by atoms with van der Waals surface area (Å²) in [6.45, 7) is 0. The molecule has 0 aliphatic carbocycles. The predicted octanol–water partition coefficient (Wildman–Crippen LogP) is 5.73. The minimum Gasteiger partial charge on any atom is -0.456 e. The molecule has 0 bridgehead atoms. The van der Waals surface area contributed by atoms with Crippen LogP contribution in [0.4, 0.5) is 0 Å². The summed E-state index contributed by atoms with van der Waals surface area (Å²) < 4.78 is 7.25. The average Bonchev–Trinajstić information content (AvgIpc) is 3.25. The van der Waals surface area contributed by atoms with Gasteiger partial charge in [0.1, 0.15) is 11.2 Å². The molecule has 0 spiro atoms. The quantitative estimate of drug-likeness (QED) is 0.221. The fourth-order valence-electron chi connectivity index (χ4n) is 5.04. The Kier molecular flexibility index (Phi) is 5.01. The van der Waals surface area contributed by atoms with Crippen LogP contribution in [0.3, 0.4) is 0 Å². The Bertz CT molecular complexity index is 1510. The first-order chi connectivity index (χ1) is 16.3. The second-order valence-corrected chi connectivity index (χ2v) is 13.0. The van der Waals surface area contributed by atoms with Gasteiger partial charge in [0.15, 0.2) is 8.07 Å². The average molecular weight is 505 g/mol. The fraction of sp³-hybridized carbons (Fsp3) is 0. The molecule has 3 heteroatoms. The van der Waals surface area contributed by atoms with Crippen LogP contribution in [0.5, 0.6) is 0 Å². The molecule has 1 aromatic heterocycles. The summed E-state index contributed by atoms with van der Waals surface area (Å²) in [6.07, 6.45) is 0. The third-order valence-electron chi connectivity index (χ3n) is 6.50. The molecule has 0 aliphatic heterocycles. The fourth-order valence-corrected chi connectivity index (χ4v) is 10.0. The maximum atomic E-state index is 6.16. The molecule has 0 saturated carbocycles. The Morgan fingerprint density at radius 1 is 0.455 bits per heavy atom. The van der Waals surface area contributed by atoms with E-state index in [-0.39, 0.29) is 0 Å². The van der Waals surface area contributed by atoms with Crippen LogP contribution in [-0.2, 0) is 0 Å². The maximum Gasteiger partial charge on any atom is 0.179 e. The molecular weight excluding hydrogens is 484 g/mol. The molecule has 0 fully saturated rings. The Labute approximate surface area is 202 Å². The largest absolute Gasteiger partial charge is 0.456 e. The van der Waals surface area contributed by atoms with E-state index >= 15 is 0 Å². The van der Waals surface area contributed by atoms with Crippen LogP contribution in [0.15, 0.2) is 136 Å². The van der Waals surface area contributed by atoms with E-state index < -0.39 is 8.07 Å². The van der Waals surface area contributed by atoms with Gasteiger partial charge in [-0.3, -0.25) is 0 Å². The highest BCUT2D eigenvalue weighted by Crippen LogP contribution is 2.28. The van der Waals surface area contributed by atoms with Crippen LogP contribution in [0.25, 0.3) is 21.9 Å². The standard InChI is InChI=1S/C30H21BrOSi/c31-22-15-17-25(18-16-22)33(23-9-3-1-4-10-23,24-11-5-2-6-12-24)26-19-20-30-28(21-26)27-13-7-8-14-29(27)32-30/h1-21H. The van der Waals surface area contributed by atoms with Crippen molar-refractivity contribution in [1.29, 1.82) is 0 Å². The van der Waals surface area contributed by atoms with Crippen molar-refractivity contribution in [3.05, 3.63) is 132 Å². The van der Waals surface area contributed by atoms with Crippen molar-refractivity contribution in [1.82, 2.24) is 0 Å². The van der Waals surface area contributed by atoms with Crippen molar-refractivity contribution in [2.75, 3.05) is 0 Å².